The fourth-order valence-corrected chi connectivity index (χ4v) is 2.43. The van der Waals surface area contributed by atoms with Gasteiger partial charge in [-0.2, -0.15) is 5.10 Å². The van der Waals surface area contributed by atoms with Crippen molar-refractivity contribution in [3.05, 3.63) is 17.5 Å². The Balaban J connectivity index is 2.84. The highest BCUT2D eigenvalue weighted by molar-refractivity contribution is 5.11. The number of hydrazine groups is 1. The first-order valence-electron chi connectivity index (χ1n) is 6.55. The summed E-state index contributed by atoms with van der Waals surface area (Å²) >= 11 is 0. The maximum absolute atomic E-state index is 5.67. The molecular weight excluding hydrogens is 228 g/mol. The third-order valence-corrected chi connectivity index (χ3v) is 3.25. The van der Waals surface area contributed by atoms with Gasteiger partial charge in [-0.05, 0) is 25.8 Å². The van der Waals surface area contributed by atoms with Crippen LogP contribution in [0.4, 0.5) is 0 Å². The lowest BCUT2D eigenvalue weighted by Crippen LogP contribution is -2.48. The molecule has 0 aliphatic rings. The monoisotopic (exact) mass is 254 g/mol. The number of methoxy groups -OCH3 is 1. The predicted molar refractivity (Wildman–Crippen MR) is 73.1 cm³/mol. The van der Waals surface area contributed by atoms with Crippen LogP contribution in [0.5, 0.6) is 0 Å². The minimum absolute atomic E-state index is 0.0931. The van der Waals surface area contributed by atoms with E-state index in [1.54, 1.807) is 7.11 Å². The summed E-state index contributed by atoms with van der Waals surface area (Å²) in [5, 5.41) is 4.45. The van der Waals surface area contributed by atoms with Gasteiger partial charge >= 0.3 is 0 Å². The van der Waals surface area contributed by atoms with Gasteiger partial charge in [0.05, 0.1) is 17.8 Å². The molecule has 0 aliphatic carbocycles. The first kappa shape index (κ1) is 15.1. The third-order valence-electron chi connectivity index (χ3n) is 3.25. The number of hydrogen-bond donors (Lipinski definition) is 2. The van der Waals surface area contributed by atoms with E-state index >= 15 is 0 Å². The largest absolute Gasteiger partial charge is 0.380 e. The number of nitrogens with two attached hydrogens (primary N) is 1. The van der Waals surface area contributed by atoms with Crippen LogP contribution < -0.4 is 11.3 Å². The molecule has 1 aromatic heterocycles. The second kappa shape index (κ2) is 6.87. The Morgan fingerprint density at radius 2 is 2.17 bits per heavy atom. The molecule has 0 saturated carbocycles. The van der Waals surface area contributed by atoms with Gasteiger partial charge in [-0.15, -0.1) is 0 Å². The van der Waals surface area contributed by atoms with Crippen molar-refractivity contribution in [2.45, 2.75) is 52.8 Å². The van der Waals surface area contributed by atoms with Gasteiger partial charge in [0.1, 0.15) is 0 Å². The minimum Gasteiger partial charge on any atom is -0.380 e. The lowest BCUT2D eigenvalue weighted by molar-refractivity contribution is 0.0327. The van der Waals surface area contributed by atoms with E-state index in [1.165, 1.54) is 5.69 Å². The molecule has 1 aromatic rings. The Labute approximate surface area is 110 Å². The number of aryl methyl sites for hydroxylation is 2. The van der Waals surface area contributed by atoms with Gasteiger partial charge in [0, 0.05) is 25.8 Å². The first-order chi connectivity index (χ1) is 8.53. The van der Waals surface area contributed by atoms with Gasteiger partial charge in [-0.1, -0.05) is 13.8 Å². The molecule has 18 heavy (non-hydrogen) atoms. The van der Waals surface area contributed by atoms with E-state index in [2.05, 4.69) is 37.4 Å². The predicted octanol–water partition coefficient (Wildman–Crippen LogP) is 1.26. The minimum atomic E-state index is 0.0931. The Morgan fingerprint density at radius 3 is 2.61 bits per heavy atom. The van der Waals surface area contributed by atoms with E-state index < -0.39 is 0 Å². The zero-order valence-corrected chi connectivity index (χ0v) is 12.1. The molecule has 0 aromatic carbocycles. The van der Waals surface area contributed by atoms with E-state index in [1.807, 2.05) is 11.6 Å². The number of nitrogens with zero attached hydrogens (tertiary/aromatic N) is 2. The van der Waals surface area contributed by atoms with Gasteiger partial charge in [0.15, 0.2) is 0 Å². The van der Waals surface area contributed by atoms with Gasteiger partial charge in [0.25, 0.3) is 0 Å². The van der Waals surface area contributed by atoms with Crippen molar-refractivity contribution in [3.63, 3.8) is 0 Å². The Morgan fingerprint density at radius 1 is 1.50 bits per heavy atom. The molecule has 0 spiro atoms. The normalized spacial score (nSPS) is 15.1. The molecule has 5 heteroatoms. The van der Waals surface area contributed by atoms with Crippen molar-refractivity contribution in [2.75, 3.05) is 7.11 Å². The number of ether oxygens (including phenoxy) is 1. The topological polar surface area (TPSA) is 65.1 Å². The molecular formula is C13H26N4O. The third kappa shape index (κ3) is 3.54. The van der Waals surface area contributed by atoms with Crippen molar-refractivity contribution in [1.82, 2.24) is 15.2 Å². The molecule has 3 N–H and O–H groups in total. The molecule has 0 amide bonds. The molecule has 104 valence electrons. The highest BCUT2D eigenvalue weighted by Gasteiger charge is 2.24. The van der Waals surface area contributed by atoms with Crippen LogP contribution in [0, 0.1) is 12.8 Å². The summed E-state index contributed by atoms with van der Waals surface area (Å²) < 4.78 is 7.57. The fourth-order valence-electron chi connectivity index (χ4n) is 2.43. The van der Waals surface area contributed by atoms with Gasteiger partial charge < -0.3 is 4.74 Å². The van der Waals surface area contributed by atoms with Crippen molar-refractivity contribution in [1.29, 1.82) is 0 Å². The van der Waals surface area contributed by atoms with E-state index in [0.717, 1.165) is 18.7 Å². The second-order valence-corrected chi connectivity index (χ2v) is 5.01. The zero-order valence-electron chi connectivity index (χ0n) is 12.1. The Hall–Kier alpha value is -0.910. The molecule has 0 bridgehead atoms. The van der Waals surface area contributed by atoms with Crippen molar-refractivity contribution in [2.24, 2.45) is 11.8 Å². The number of aromatic nitrogens is 2. The van der Waals surface area contributed by atoms with Crippen molar-refractivity contribution < 1.29 is 4.74 Å². The quantitative estimate of drug-likeness (QED) is 0.568. The summed E-state index contributed by atoms with van der Waals surface area (Å²) in [7, 11) is 1.73. The summed E-state index contributed by atoms with van der Waals surface area (Å²) in [6.07, 6.45) is 0.914. The molecule has 2 unspecified atom stereocenters. The molecule has 0 saturated heterocycles. The summed E-state index contributed by atoms with van der Waals surface area (Å²) in [6.45, 7) is 9.26. The summed E-state index contributed by atoms with van der Waals surface area (Å²) in [4.78, 5) is 0. The SMILES string of the molecule is CCn1nc(C)cc1CC(NN)C(OC)C(C)C. The maximum atomic E-state index is 5.67. The average molecular weight is 254 g/mol. The maximum Gasteiger partial charge on any atom is 0.0764 e. The zero-order chi connectivity index (χ0) is 13.7. The van der Waals surface area contributed by atoms with Crippen LogP contribution in [-0.2, 0) is 17.7 Å². The van der Waals surface area contributed by atoms with Gasteiger partial charge in [-0.25, -0.2) is 0 Å². The number of nitrogens with one attached hydrogen (secondary N) is 1. The van der Waals surface area contributed by atoms with Crippen LogP contribution in [-0.4, -0.2) is 29.0 Å². The van der Waals surface area contributed by atoms with E-state index in [9.17, 15) is 0 Å². The number of rotatable bonds is 7. The lowest BCUT2D eigenvalue weighted by atomic mass is 9.96. The van der Waals surface area contributed by atoms with Crippen LogP contribution >= 0.6 is 0 Å². The second-order valence-electron chi connectivity index (χ2n) is 5.01. The molecule has 2 atom stereocenters. The van der Waals surface area contributed by atoms with Crippen LogP contribution in [0.25, 0.3) is 0 Å². The summed E-state index contributed by atoms with van der Waals surface area (Å²) in [5.74, 6) is 6.09. The molecule has 5 nitrogen and oxygen atoms in total. The van der Waals surface area contributed by atoms with Gasteiger partial charge in [0.2, 0.25) is 0 Å². The van der Waals surface area contributed by atoms with Crippen LogP contribution in [0.3, 0.4) is 0 Å². The van der Waals surface area contributed by atoms with E-state index in [4.69, 9.17) is 10.6 Å². The average Bonchev–Trinajstić information content (AvgIpc) is 2.68. The molecule has 1 heterocycles. The molecule has 1 rings (SSSR count). The van der Waals surface area contributed by atoms with Crippen LogP contribution in [0.2, 0.25) is 0 Å². The standard InChI is InChI=1S/C13H26N4O/c1-6-17-11(7-10(4)16-17)8-12(15-14)13(18-5)9(2)3/h7,9,12-13,15H,6,8,14H2,1-5H3. The Kier molecular flexibility index (Phi) is 5.78. The number of hydrogen-bond acceptors (Lipinski definition) is 4. The highest BCUT2D eigenvalue weighted by Crippen LogP contribution is 2.15. The smallest absolute Gasteiger partial charge is 0.0764 e. The van der Waals surface area contributed by atoms with Crippen molar-refractivity contribution >= 4 is 0 Å². The van der Waals surface area contributed by atoms with Crippen LogP contribution in [0.1, 0.15) is 32.2 Å². The summed E-state index contributed by atoms with van der Waals surface area (Å²) in [5.41, 5.74) is 5.12. The van der Waals surface area contributed by atoms with E-state index in [-0.39, 0.29) is 12.1 Å². The molecule has 0 radical (unpaired) electrons. The van der Waals surface area contributed by atoms with Crippen molar-refractivity contribution in [3.8, 4) is 0 Å². The highest BCUT2D eigenvalue weighted by atomic mass is 16.5. The molecule has 0 aliphatic heterocycles. The van der Waals surface area contributed by atoms with Gasteiger partial charge in [-0.3, -0.25) is 16.0 Å². The Bertz CT molecular complexity index is 362. The first-order valence-corrected chi connectivity index (χ1v) is 6.55. The summed E-state index contributed by atoms with van der Waals surface area (Å²) in [6, 6.07) is 2.21. The van der Waals surface area contributed by atoms with E-state index in [0.29, 0.717) is 5.92 Å². The fraction of sp³-hybridized carbons (Fsp3) is 0.769. The lowest BCUT2D eigenvalue weighted by Gasteiger charge is -2.28. The molecule has 0 fully saturated rings. The van der Waals surface area contributed by atoms with Crippen LogP contribution in [0.15, 0.2) is 6.07 Å².